The monoisotopic (exact) mass is 289 g/mol. The number of rotatable bonds is 2. The van der Waals surface area contributed by atoms with Crippen LogP contribution in [0, 0.1) is 0 Å². The van der Waals surface area contributed by atoms with Gasteiger partial charge in [-0.2, -0.15) is 0 Å². The number of anilines is 1. The number of hydrogen-bond donors (Lipinski definition) is 1. The molecule has 2 aromatic rings. The zero-order valence-electron chi connectivity index (χ0n) is 12.3. The van der Waals surface area contributed by atoms with Gasteiger partial charge in [-0.05, 0) is 25.5 Å². The van der Waals surface area contributed by atoms with Crippen LogP contribution in [-0.2, 0) is 9.47 Å². The maximum atomic E-state index is 11.8. The van der Waals surface area contributed by atoms with Crippen molar-refractivity contribution in [3.63, 3.8) is 0 Å². The average molecular weight is 289 g/mol. The maximum absolute atomic E-state index is 11.8. The van der Waals surface area contributed by atoms with Crippen LogP contribution in [-0.4, -0.2) is 48.8 Å². The number of esters is 1. The number of H-pyrrole nitrogens is 1. The van der Waals surface area contributed by atoms with E-state index < -0.39 is 0 Å². The molecule has 112 valence electrons. The molecule has 6 heteroatoms. The highest BCUT2D eigenvalue weighted by atomic mass is 16.5. The third-order valence-corrected chi connectivity index (χ3v) is 3.66. The van der Waals surface area contributed by atoms with Gasteiger partial charge in [0.2, 0.25) is 5.95 Å². The number of nitrogens with one attached hydrogen (secondary N) is 1. The van der Waals surface area contributed by atoms with Gasteiger partial charge in [-0.3, -0.25) is 0 Å². The van der Waals surface area contributed by atoms with Gasteiger partial charge in [0.05, 0.1) is 24.3 Å². The van der Waals surface area contributed by atoms with Crippen LogP contribution in [0.3, 0.4) is 0 Å². The Kier molecular flexibility index (Phi) is 3.79. The number of carbonyl (C=O) groups is 1. The Bertz CT molecular complexity index is 653. The SMILES string of the molecule is COC(=O)c1cccc2[nH]c(N3CCCOC(C)C3)nc12. The maximum Gasteiger partial charge on any atom is 0.340 e. The quantitative estimate of drug-likeness (QED) is 0.856. The molecule has 1 fully saturated rings. The molecule has 1 unspecified atom stereocenters. The first kappa shape index (κ1) is 13.9. The van der Waals surface area contributed by atoms with E-state index in [2.05, 4.69) is 21.8 Å². The third kappa shape index (κ3) is 2.71. The largest absolute Gasteiger partial charge is 0.465 e. The van der Waals surface area contributed by atoms with Gasteiger partial charge in [0, 0.05) is 19.7 Å². The molecule has 1 aliphatic heterocycles. The molecule has 21 heavy (non-hydrogen) atoms. The summed E-state index contributed by atoms with van der Waals surface area (Å²) < 4.78 is 10.5. The Morgan fingerprint density at radius 2 is 2.38 bits per heavy atom. The number of aromatic amines is 1. The predicted molar refractivity (Wildman–Crippen MR) is 79.7 cm³/mol. The molecule has 0 bridgehead atoms. The van der Waals surface area contributed by atoms with E-state index >= 15 is 0 Å². The Morgan fingerprint density at radius 3 is 3.19 bits per heavy atom. The average Bonchev–Trinajstić information content (AvgIpc) is 2.81. The molecule has 1 aliphatic rings. The van der Waals surface area contributed by atoms with Crippen LogP contribution in [0.4, 0.5) is 5.95 Å². The van der Waals surface area contributed by atoms with Gasteiger partial charge in [-0.1, -0.05) is 6.07 Å². The van der Waals surface area contributed by atoms with E-state index in [0.717, 1.165) is 37.6 Å². The fourth-order valence-corrected chi connectivity index (χ4v) is 2.63. The van der Waals surface area contributed by atoms with Crippen LogP contribution >= 0.6 is 0 Å². The molecule has 1 aromatic heterocycles. The number of hydrogen-bond acceptors (Lipinski definition) is 5. The molecule has 0 amide bonds. The number of aromatic nitrogens is 2. The molecule has 0 aliphatic carbocycles. The topological polar surface area (TPSA) is 67.5 Å². The molecule has 3 rings (SSSR count). The van der Waals surface area contributed by atoms with E-state index in [-0.39, 0.29) is 12.1 Å². The summed E-state index contributed by atoms with van der Waals surface area (Å²) in [6.45, 7) is 4.50. The number of para-hydroxylation sites is 1. The lowest BCUT2D eigenvalue weighted by molar-refractivity contribution is 0.0602. The van der Waals surface area contributed by atoms with Gasteiger partial charge in [0.1, 0.15) is 5.52 Å². The normalized spacial score (nSPS) is 19.5. The first-order chi connectivity index (χ1) is 10.2. The summed E-state index contributed by atoms with van der Waals surface area (Å²) >= 11 is 0. The van der Waals surface area contributed by atoms with Crippen LogP contribution in [0.25, 0.3) is 11.0 Å². The fourth-order valence-electron chi connectivity index (χ4n) is 2.63. The molecule has 1 atom stereocenters. The lowest BCUT2D eigenvalue weighted by atomic mass is 10.2. The van der Waals surface area contributed by atoms with Crippen LogP contribution in [0.1, 0.15) is 23.7 Å². The van der Waals surface area contributed by atoms with Crippen molar-refractivity contribution < 1.29 is 14.3 Å². The molecule has 1 N–H and O–H groups in total. The number of imidazole rings is 1. The van der Waals surface area contributed by atoms with Gasteiger partial charge in [0.25, 0.3) is 0 Å². The number of fused-ring (bicyclic) bond motifs is 1. The van der Waals surface area contributed by atoms with Crippen LogP contribution < -0.4 is 4.90 Å². The van der Waals surface area contributed by atoms with Gasteiger partial charge < -0.3 is 19.4 Å². The van der Waals surface area contributed by atoms with Crippen molar-refractivity contribution in [3.05, 3.63) is 23.8 Å². The number of ether oxygens (including phenoxy) is 2. The van der Waals surface area contributed by atoms with Crippen LogP contribution in [0.2, 0.25) is 0 Å². The van der Waals surface area contributed by atoms with Crippen molar-refractivity contribution in [2.75, 3.05) is 31.7 Å². The molecule has 0 radical (unpaired) electrons. The van der Waals surface area contributed by atoms with Crippen molar-refractivity contribution in [3.8, 4) is 0 Å². The Hall–Kier alpha value is -2.08. The first-order valence-corrected chi connectivity index (χ1v) is 7.12. The summed E-state index contributed by atoms with van der Waals surface area (Å²) in [5, 5.41) is 0. The minimum atomic E-state index is -0.369. The molecule has 0 saturated carbocycles. The summed E-state index contributed by atoms with van der Waals surface area (Å²) in [6.07, 6.45) is 1.13. The van der Waals surface area contributed by atoms with Gasteiger partial charge in [-0.25, -0.2) is 9.78 Å². The predicted octanol–water partition coefficient (Wildman–Crippen LogP) is 1.96. The van der Waals surface area contributed by atoms with Gasteiger partial charge in [0.15, 0.2) is 0 Å². The van der Waals surface area contributed by atoms with E-state index in [4.69, 9.17) is 9.47 Å². The number of methoxy groups -OCH3 is 1. The molecular weight excluding hydrogens is 270 g/mol. The number of carbonyl (C=O) groups excluding carboxylic acids is 1. The van der Waals surface area contributed by atoms with Crippen LogP contribution in [0.15, 0.2) is 18.2 Å². The fraction of sp³-hybridized carbons (Fsp3) is 0.467. The Labute approximate surface area is 123 Å². The highest BCUT2D eigenvalue weighted by Crippen LogP contribution is 2.22. The van der Waals surface area contributed by atoms with Crippen LogP contribution in [0.5, 0.6) is 0 Å². The summed E-state index contributed by atoms with van der Waals surface area (Å²) in [7, 11) is 1.38. The highest BCUT2D eigenvalue weighted by Gasteiger charge is 2.20. The van der Waals surface area contributed by atoms with Crippen molar-refractivity contribution >= 4 is 23.0 Å². The van der Waals surface area contributed by atoms with Crippen molar-refractivity contribution in [1.29, 1.82) is 0 Å². The molecular formula is C15H19N3O3. The molecule has 6 nitrogen and oxygen atoms in total. The van der Waals surface area contributed by atoms with E-state index in [9.17, 15) is 4.79 Å². The van der Waals surface area contributed by atoms with Gasteiger partial charge in [-0.15, -0.1) is 0 Å². The summed E-state index contributed by atoms with van der Waals surface area (Å²) in [5.41, 5.74) is 1.97. The first-order valence-electron chi connectivity index (χ1n) is 7.12. The molecule has 1 saturated heterocycles. The molecule has 1 aromatic carbocycles. The standard InChI is InChI=1S/C15H19N3O3/c1-10-9-18(7-4-8-21-10)15-16-12-6-3-5-11(13(12)17-15)14(19)20-2/h3,5-6,10H,4,7-9H2,1-2H3,(H,16,17). The third-order valence-electron chi connectivity index (χ3n) is 3.66. The smallest absolute Gasteiger partial charge is 0.340 e. The zero-order chi connectivity index (χ0) is 14.8. The van der Waals surface area contributed by atoms with E-state index in [1.165, 1.54) is 7.11 Å². The minimum absolute atomic E-state index is 0.167. The second kappa shape index (κ2) is 5.73. The minimum Gasteiger partial charge on any atom is -0.465 e. The Balaban J connectivity index is 1.98. The lowest BCUT2D eigenvalue weighted by Gasteiger charge is -2.20. The van der Waals surface area contributed by atoms with Crippen molar-refractivity contribution in [2.45, 2.75) is 19.4 Å². The van der Waals surface area contributed by atoms with Crippen molar-refractivity contribution in [2.24, 2.45) is 0 Å². The molecule has 2 heterocycles. The zero-order valence-corrected chi connectivity index (χ0v) is 12.3. The second-order valence-corrected chi connectivity index (χ2v) is 5.23. The van der Waals surface area contributed by atoms with E-state index in [0.29, 0.717) is 11.1 Å². The van der Waals surface area contributed by atoms with E-state index in [1.54, 1.807) is 6.07 Å². The summed E-state index contributed by atoms with van der Waals surface area (Å²) in [5.74, 6) is 0.407. The number of benzene rings is 1. The number of nitrogens with zero attached hydrogens (tertiary/aromatic N) is 2. The highest BCUT2D eigenvalue weighted by molar-refractivity contribution is 6.02. The Morgan fingerprint density at radius 1 is 1.52 bits per heavy atom. The van der Waals surface area contributed by atoms with Gasteiger partial charge >= 0.3 is 5.97 Å². The second-order valence-electron chi connectivity index (χ2n) is 5.23. The summed E-state index contributed by atoms with van der Waals surface area (Å²) in [4.78, 5) is 21.9. The van der Waals surface area contributed by atoms with E-state index in [1.807, 2.05) is 12.1 Å². The molecule has 0 spiro atoms. The lowest BCUT2D eigenvalue weighted by Crippen LogP contribution is -2.30. The van der Waals surface area contributed by atoms with Crippen molar-refractivity contribution in [1.82, 2.24) is 9.97 Å². The summed E-state index contributed by atoms with van der Waals surface area (Å²) in [6, 6.07) is 5.47.